The van der Waals surface area contributed by atoms with E-state index in [9.17, 15) is 0 Å². The van der Waals surface area contributed by atoms with E-state index in [1.807, 2.05) is 12.1 Å². The highest BCUT2D eigenvalue weighted by atomic mass is 15.6. The first-order valence-corrected chi connectivity index (χ1v) is 8.37. The minimum Gasteiger partial charge on any atom is -0.367 e. The van der Waals surface area contributed by atoms with Crippen LogP contribution >= 0.6 is 0 Å². The Kier molecular flexibility index (Phi) is 5.32. The maximum atomic E-state index is 4.38. The van der Waals surface area contributed by atoms with Crippen LogP contribution in [-0.2, 0) is 6.42 Å². The maximum absolute atomic E-state index is 4.38. The first-order chi connectivity index (χ1) is 11.8. The van der Waals surface area contributed by atoms with E-state index < -0.39 is 0 Å². The number of benzene rings is 1. The minimum atomic E-state index is 0.397. The maximum Gasteiger partial charge on any atom is 0.200 e. The fourth-order valence-electron chi connectivity index (χ4n) is 2.92. The lowest BCUT2D eigenvalue weighted by Gasteiger charge is -2.30. The van der Waals surface area contributed by atoms with Gasteiger partial charge in [0.15, 0.2) is 5.65 Å². The molecule has 0 aliphatic carbocycles. The van der Waals surface area contributed by atoms with Gasteiger partial charge in [0.25, 0.3) is 0 Å². The van der Waals surface area contributed by atoms with E-state index in [0.29, 0.717) is 11.7 Å². The van der Waals surface area contributed by atoms with Crippen molar-refractivity contribution < 1.29 is 0 Å². The molecule has 0 bridgehead atoms. The van der Waals surface area contributed by atoms with Gasteiger partial charge in [-0.3, -0.25) is 4.90 Å². The fourth-order valence-corrected chi connectivity index (χ4v) is 2.92. The number of fused-ring (bicyclic) bond motifs is 1. The van der Waals surface area contributed by atoms with Crippen LogP contribution in [0.5, 0.6) is 0 Å². The van der Waals surface area contributed by atoms with Gasteiger partial charge in [-0.25, -0.2) is 0 Å². The van der Waals surface area contributed by atoms with Crippen LogP contribution in [0.4, 0.5) is 5.82 Å². The molecular formula is C17H23N7. The van der Waals surface area contributed by atoms with Crippen molar-refractivity contribution in [1.29, 1.82) is 0 Å². The number of nitrogens with one attached hydrogen (secondary N) is 1. The van der Waals surface area contributed by atoms with E-state index in [4.69, 9.17) is 0 Å². The van der Waals surface area contributed by atoms with E-state index in [-0.39, 0.29) is 0 Å². The first kappa shape index (κ1) is 16.3. The summed E-state index contributed by atoms with van der Waals surface area (Å²) >= 11 is 0. The Bertz CT molecular complexity index is 752. The number of hydrogen-bond donors (Lipinski definition) is 1. The second-order valence-electron chi connectivity index (χ2n) is 5.69. The SMILES string of the molecule is CCN(CC)[C@H](CNc1ccc2nnnn2n1)Cc1ccccc1. The van der Waals surface area contributed by atoms with Crippen LogP contribution in [0.15, 0.2) is 42.5 Å². The molecule has 2 heterocycles. The van der Waals surface area contributed by atoms with Gasteiger partial charge >= 0.3 is 0 Å². The second kappa shape index (κ2) is 7.83. The summed E-state index contributed by atoms with van der Waals surface area (Å²) in [5, 5.41) is 19.1. The Morgan fingerprint density at radius 2 is 1.88 bits per heavy atom. The lowest BCUT2D eigenvalue weighted by molar-refractivity contribution is 0.224. The topological polar surface area (TPSA) is 71.2 Å². The van der Waals surface area contributed by atoms with E-state index in [2.05, 4.69) is 75.0 Å². The Morgan fingerprint density at radius 1 is 1.08 bits per heavy atom. The number of nitrogens with zero attached hydrogens (tertiary/aromatic N) is 6. The zero-order chi connectivity index (χ0) is 16.8. The number of likely N-dealkylation sites (N-methyl/N-ethyl adjacent to an activating group) is 1. The Balaban J connectivity index is 1.70. The summed E-state index contributed by atoms with van der Waals surface area (Å²) in [7, 11) is 0. The molecule has 7 heteroatoms. The molecule has 0 fully saturated rings. The van der Waals surface area contributed by atoms with E-state index in [1.165, 1.54) is 10.2 Å². The number of aromatic nitrogens is 5. The zero-order valence-electron chi connectivity index (χ0n) is 14.1. The van der Waals surface area contributed by atoms with E-state index in [1.54, 1.807) is 0 Å². The van der Waals surface area contributed by atoms with Crippen LogP contribution in [-0.4, -0.2) is 55.8 Å². The number of hydrogen-bond acceptors (Lipinski definition) is 6. The van der Waals surface area contributed by atoms with E-state index >= 15 is 0 Å². The van der Waals surface area contributed by atoms with Gasteiger partial charge in [-0.05, 0) is 47.6 Å². The van der Waals surface area contributed by atoms with Crippen molar-refractivity contribution >= 4 is 11.5 Å². The molecule has 0 radical (unpaired) electrons. The Hall–Kier alpha value is -2.54. The van der Waals surface area contributed by atoms with Gasteiger partial charge in [-0.2, -0.15) is 0 Å². The van der Waals surface area contributed by atoms with Crippen LogP contribution in [0.3, 0.4) is 0 Å². The van der Waals surface area contributed by atoms with Gasteiger partial charge in [0.05, 0.1) is 0 Å². The third kappa shape index (κ3) is 3.86. The molecule has 1 N–H and O–H groups in total. The summed E-state index contributed by atoms with van der Waals surface area (Å²) in [6.45, 7) is 7.27. The van der Waals surface area contributed by atoms with Crippen LogP contribution in [0.25, 0.3) is 5.65 Å². The van der Waals surface area contributed by atoms with Crippen molar-refractivity contribution in [2.45, 2.75) is 26.3 Å². The highest BCUT2D eigenvalue weighted by molar-refractivity contribution is 5.42. The van der Waals surface area contributed by atoms with Gasteiger partial charge in [-0.1, -0.05) is 44.2 Å². The molecule has 7 nitrogen and oxygen atoms in total. The molecule has 1 atom stereocenters. The van der Waals surface area contributed by atoms with Gasteiger partial charge in [0.2, 0.25) is 0 Å². The second-order valence-corrected chi connectivity index (χ2v) is 5.69. The van der Waals surface area contributed by atoms with Gasteiger partial charge < -0.3 is 5.32 Å². The van der Waals surface area contributed by atoms with Crippen molar-refractivity contribution in [1.82, 2.24) is 30.2 Å². The molecule has 0 spiro atoms. The molecule has 0 saturated heterocycles. The quantitative estimate of drug-likeness (QED) is 0.682. The van der Waals surface area contributed by atoms with Crippen molar-refractivity contribution in [3.8, 4) is 0 Å². The van der Waals surface area contributed by atoms with Gasteiger partial charge in [0, 0.05) is 12.6 Å². The zero-order valence-corrected chi connectivity index (χ0v) is 14.1. The summed E-state index contributed by atoms with van der Waals surface area (Å²) < 4.78 is 1.44. The van der Waals surface area contributed by atoms with Crippen LogP contribution in [0, 0.1) is 0 Å². The smallest absolute Gasteiger partial charge is 0.200 e. The predicted octanol–water partition coefficient (Wildman–Crippen LogP) is 1.88. The van der Waals surface area contributed by atoms with Crippen molar-refractivity contribution in [2.24, 2.45) is 0 Å². The molecule has 3 rings (SSSR count). The standard InChI is InChI=1S/C17H23N7/c1-3-23(4-2)15(12-14-8-6-5-7-9-14)13-18-16-10-11-17-19-21-22-24(17)20-16/h5-11,15H,3-4,12-13H2,1-2H3,(H,18,20)/t15-/m0/s1. The molecule has 0 unspecified atom stereocenters. The molecule has 0 amide bonds. The Labute approximate surface area is 141 Å². The molecule has 3 aromatic rings. The normalized spacial score (nSPS) is 12.6. The minimum absolute atomic E-state index is 0.397. The Morgan fingerprint density at radius 3 is 2.62 bits per heavy atom. The summed E-state index contributed by atoms with van der Waals surface area (Å²) in [5.74, 6) is 0.778. The molecule has 24 heavy (non-hydrogen) atoms. The van der Waals surface area contributed by atoms with Crippen LogP contribution < -0.4 is 5.32 Å². The first-order valence-electron chi connectivity index (χ1n) is 8.37. The van der Waals surface area contributed by atoms with E-state index in [0.717, 1.165) is 31.9 Å². The molecule has 126 valence electrons. The molecular weight excluding hydrogens is 302 g/mol. The monoisotopic (exact) mass is 325 g/mol. The predicted molar refractivity (Wildman–Crippen MR) is 93.9 cm³/mol. The van der Waals surface area contributed by atoms with Crippen molar-refractivity contribution in [3.05, 3.63) is 48.0 Å². The largest absolute Gasteiger partial charge is 0.367 e. The number of rotatable bonds is 8. The number of tetrazole rings is 1. The van der Waals surface area contributed by atoms with Gasteiger partial charge in [-0.15, -0.1) is 14.8 Å². The average Bonchev–Trinajstić information content (AvgIpc) is 3.09. The van der Waals surface area contributed by atoms with Crippen molar-refractivity contribution in [3.63, 3.8) is 0 Å². The molecule has 0 aliphatic rings. The summed E-state index contributed by atoms with van der Waals surface area (Å²) in [6, 6.07) is 14.8. The highest BCUT2D eigenvalue weighted by Crippen LogP contribution is 2.11. The highest BCUT2D eigenvalue weighted by Gasteiger charge is 2.16. The average molecular weight is 325 g/mol. The molecule has 1 aromatic carbocycles. The molecule has 0 aliphatic heterocycles. The van der Waals surface area contributed by atoms with Crippen molar-refractivity contribution in [2.75, 3.05) is 25.0 Å². The van der Waals surface area contributed by atoms with Crippen LogP contribution in [0.1, 0.15) is 19.4 Å². The summed E-state index contributed by atoms with van der Waals surface area (Å²) in [5.41, 5.74) is 1.99. The molecule has 0 saturated carbocycles. The van der Waals surface area contributed by atoms with Gasteiger partial charge in [0.1, 0.15) is 5.82 Å². The fraction of sp³-hybridized carbons (Fsp3) is 0.412. The number of anilines is 1. The summed E-state index contributed by atoms with van der Waals surface area (Å²) in [4.78, 5) is 2.47. The third-order valence-electron chi connectivity index (χ3n) is 4.23. The lowest BCUT2D eigenvalue weighted by Crippen LogP contribution is -2.41. The molecule has 2 aromatic heterocycles. The van der Waals surface area contributed by atoms with Crippen LogP contribution in [0.2, 0.25) is 0 Å². The summed E-state index contributed by atoms with van der Waals surface area (Å²) in [6.07, 6.45) is 1.00. The third-order valence-corrected chi connectivity index (χ3v) is 4.23. The lowest BCUT2D eigenvalue weighted by atomic mass is 10.0.